The molecule has 1 amide bonds. The molecule has 1 heterocycles. The molecule has 0 spiro atoms. The van der Waals surface area contributed by atoms with Crippen LogP contribution < -0.4 is 10.5 Å². The number of carbonyl (C=O) groups is 1. The zero-order chi connectivity index (χ0) is 15.4. The summed E-state index contributed by atoms with van der Waals surface area (Å²) in [7, 11) is 1.35. The fraction of sp³-hybridized carbons (Fsp3) is 0.500. The van der Waals surface area contributed by atoms with E-state index < -0.39 is 4.92 Å². The van der Waals surface area contributed by atoms with Crippen LogP contribution in [0.5, 0.6) is 5.75 Å². The fourth-order valence-corrected chi connectivity index (χ4v) is 2.59. The maximum atomic E-state index is 12.5. The summed E-state index contributed by atoms with van der Waals surface area (Å²) < 4.78 is 4.99. The summed E-state index contributed by atoms with van der Waals surface area (Å²) in [6, 6.07) is 4.19. The number of nitro groups is 1. The lowest BCUT2D eigenvalue weighted by Gasteiger charge is -2.32. The second-order valence-electron chi connectivity index (χ2n) is 5.14. The van der Waals surface area contributed by atoms with Crippen LogP contribution in [0.15, 0.2) is 18.2 Å². The van der Waals surface area contributed by atoms with E-state index in [0.29, 0.717) is 31.1 Å². The number of benzene rings is 1. The van der Waals surface area contributed by atoms with Crippen LogP contribution in [-0.2, 0) is 0 Å². The summed E-state index contributed by atoms with van der Waals surface area (Å²) in [6.07, 6.45) is 1.96. The number of hydrogen-bond acceptors (Lipinski definition) is 5. The number of nitro benzene ring substituents is 1. The van der Waals surface area contributed by atoms with Crippen molar-refractivity contribution in [1.82, 2.24) is 4.90 Å². The first-order valence-electron chi connectivity index (χ1n) is 6.88. The molecule has 1 aromatic rings. The van der Waals surface area contributed by atoms with E-state index in [0.717, 1.165) is 12.8 Å². The number of nitrogens with zero attached hydrogens (tertiary/aromatic N) is 2. The van der Waals surface area contributed by atoms with Gasteiger partial charge in [-0.15, -0.1) is 12.4 Å². The number of carbonyl (C=O) groups excluding carboxylic acids is 1. The second kappa shape index (κ2) is 7.95. The van der Waals surface area contributed by atoms with Crippen LogP contribution in [0.2, 0.25) is 0 Å². The highest BCUT2D eigenvalue weighted by atomic mass is 35.5. The Morgan fingerprint density at radius 1 is 1.55 bits per heavy atom. The summed E-state index contributed by atoms with van der Waals surface area (Å²) in [5, 5.41) is 10.9. The first-order valence-corrected chi connectivity index (χ1v) is 6.88. The predicted molar refractivity (Wildman–Crippen MR) is 84.6 cm³/mol. The molecule has 22 heavy (non-hydrogen) atoms. The molecule has 0 saturated carbocycles. The van der Waals surface area contributed by atoms with Gasteiger partial charge in [0.15, 0.2) is 5.75 Å². The molecule has 8 heteroatoms. The zero-order valence-electron chi connectivity index (χ0n) is 12.4. The van der Waals surface area contributed by atoms with E-state index in [-0.39, 0.29) is 29.8 Å². The van der Waals surface area contributed by atoms with Crippen LogP contribution in [0.1, 0.15) is 23.2 Å². The van der Waals surface area contributed by atoms with Crippen molar-refractivity contribution in [1.29, 1.82) is 0 Å². The van der Waals surface area contributed by atoms with Crippen molar-refractivity contribution in [2.24, 2.45) is 11.7 Å². The summed E-state index contributed by atoms with van der Waals surface area (Å²) >= 11 is 0. The quantitative estimate of drug-likeness (QED) is 0.671. The molecule has 1 aliphatic heterocycles. The minimum atomic E-state index is -0.529. The monoisotopic (exact) mass is 329 g/mol. The zero-order valence-corrected chi connectivity index (χ0v) is 13.2. The number of rotatable bonds is 4. The van der Waals surface area contributed by atoms with Crippen LogP contribution in [0.25, 0.3) is 0 Å². The molecule has 2 rings (SSSR count). The Bertz CT molecular complexity index is 553. The van der Waals surface area contributed by atoms with Crippen LogP contribution in [-0.4, -0.2) is 42.5 Å². The number of hydrogen-bond donors (Lipinski definition) is 1. The molecule has 1 saturated heterocycles. The highest BCUT2D eigenvalue weighted by Crippen LogP contribution is 2.28. The van der Waals surface area contributed by atoms with Gasteiger partial charge in [0.05, 0.1) is 12.0 Å². The average Bonchev–Trinajstić information content (AvgIpc) is 2.53. The third-order valence-corrected chi connectivity index (χ3v) is 3.76. The smallest absolute Gasteiger partial charge is 0.310 e. The molecular formula is C14H20ClN3O4. The van der Waals surface area contributed by atoms with Gasteiger partial charge in [-0.05, 0) is 31.4 Å². The number of piperidine rings is 1. The average molecular weight is 330 g/mol. The van der Waals surface area contributed by atoms with E-state index in [1.54, 1.807) is 4.90 Å². The molecule has 1 aliphatic rings. The molecule has 0 radical (unpaired) electrons. The highest BCUT2D eigenvalue weighted by Gasteiger charge is 2.25. The van der Waals surface area contributed by atoms with Crippen molar-refractivity contribution in [2.45, 2.75) is 12.8 Å². The van der Waals surface area contributed by atoms with E-state index in [4.69, 9.17) is 10.5 Å². The molecule has 2 N–H and O–H groups in total. The molecule has 122 valence electrons. The molecular weight excluding hydrogens is 310 g/mol. The van der Waals surface area contributed by atoms with Gasteiger partial charge in [-0.1, -0.05) is 0 Å². The third-order valence-electron chi connectivity index (χ3n) is 3.76. The predicted octanol–water partition coefficient (Wildman–Crippen LogP) is 1.84. The van der Waals surface area contributed by atoms with Crippen molar-refractivity contribution >= 4 is 24.0 Å². The Labute approximate surface area is 135 Å². The summed E-state index contributed by atoms with van der Waals surface area (Å²) in [6.45, 7) is 1.89. The third kappa shape index (κ3) is 3.86. The van der Waals surface area contributed by atoms with E-state index in [9.17, 15) is 14.9 Å². The van der Waals surface area contributed by atoms with Crippen LogP contribution >= 0.6 is 12.4 Å². The molecule has 1 aromatic carbocycles. The minimum absolute atomic E-state index is 0. The van der Waals surface area contributed by atoms with Crippen LogP contribution in [0, 0.1) is 16.0 Å². The van der Waals surface area contributed by atoms with Gasteiger partial charge in [-0.2, -0.15) is 0 Å². The number of nitrogens with two attached hydrogens (primary N) is 1. The van der Waals surface area contributed by atoms with Gasteiger partial charge in [-0.3, -0.25) is 14.9 Å². The Morgan fingerprint density at radius 2 is 2.27 bits per heavy atom. The number of amides is 1. The summed E-state index contributed by atoms with van der Waals surface area (Å²) in [5.41, 5.74) is 5.92. The van der Waals surface area contributed by atoms with Crippen molar-refractivity contribution in [3.05, 3.63) is 33.9 Å². The lowest BCUT2D eigenvalue weighted by molar-refractivity contribution is -0.385. The maximum Gasteiger partial charge on any atom is 0.310 e. The molecule has 1 unspecified atom stereocenters. The van der Waals surface area contributed by atoms with Crippen molar-refractivity contribution in [3.8, 4) is 5.75 Å². The number of halogens is 1. The molecule has 1 atom stereocenters. The van der Waals surface area contributed by atoms with Gasteiger partial charge in [0.1, 0.15) is 0 Å². The van der Waals surface area contributed by atoms with Gasteiger partial charge >= 0.3 is 5.69 Å². The Morgan fingerprint density at radius 3 is 2.86 bits per heavy atom. The van der Waals surface area contributed by atoms with E-state index in [1.165, 1.54) is 25.3 Å². The number of methoxy groups -OCH3 is 1. The molecule has 0 aliphatic carbocycles. The summed E-state index contributed by atoms with van der Waals surface area (Å²) in [4.78, 5) is 24.6. The number of likely N-dealkylation sites (tertiary alicyclic amines) is 1. The maximum absolute atomic E-state index is 12.5. The normalized spacial score (nSPS) is 17.5. The van der Waals surface area contributed by atoms with E-state index in [1.807, 2.05) is 0 Å². The van der Waals surface area contributed by atoms with Gasteiger partial charge in [0, 0.05) is 30.8 Å². The lowest BCUT2D eigenvalue weighted by atomic mass is 9.97. The largest absolute Gasteiger partial charge is 0.490 e. The molecule has 0 aromatic heterocycles. The van der Waals surface area contributed by atoms with Gasteiger partial charge in [0.25, 0.3) is 5.91 Å². The van der Waals surface area contributed by atoms with Crippen LogP contribution in [0.3, 0.4) is 0 Å². The topological polar surface area (TPSA) is 98.7 Å². The van der Waals surface area contributed by atoms with E-state index in [2.05, 4.69) is 0 Å². The Kier molecular flexibility index (Phi) is 6.58. The fourth-order valence-electron chi connectivity index (χ4n) is 2.59. The lowest BCUT2D eigenvalue weighted by Crippen LogP contribution is -2.42. The highest BCUT2D eigenvalue weighted by molar-refractivity contribution is 5.95. The summed E-state index contributed by atoms with van der Waals surface area (Å²) in [5.74, 6) is 0.280. The Hall–Kier alpha value is -1.86. The standard InChI is InChI=1S/C14H19N3O4.ClH/c1-21-13-7-11(4-5-12(13)17(19)20)14(18)16-6-2-3-10(8-15)9-16;/h4-5,7,10H,2-3,6,8-9,15H2,1H3;1H. The molecule has 0 bridgehead atoms. The number of ether oxygens (including phenoxy) is 1. The first-order chi connectivity index (χ1) is 10.1. The van der Waals surface area contributed by atoms with Gasteiger partial charge in [-0.25, -0.2) is 0 Å². The van der Waals surface area contributed by atoms with E-state index >= 15 is 0 Å². The minimum Gasteiger partial charge on any atom is -0.490 e. The van der Waals surface area contributed by atoms with Crippen molar-refractivity contribution in [2.75, 3.05) is 26.7 Å². The van der Waals surface area contributed by atoms with Crippen LogP contribution in [0.4, 0.5) is 5.69 Å². The first kappa shape index (κ1) is 18.2. The second-order valence-corrected chi connectivity index (χ2v) is 5.14. The van der Waals surface area contributed by atoms with Crippen molar-refractivity contribution in [3.63, 3.8) is 0 Å². The Balaban J connectivity index is 0.00000242. The molecule has 7 nitrogen and oxygen atoms in total. The van der Waals surface area contributed by atoms with Crippen molar-refractivity contribution < 1.29 is 14.5 Å². The van der Waals surface area contributed by atoms with Gasteiger partial charge in [0.2, 0.25) is 0 Å². The van der Waals surface area contributed by atoms with Gasteiger partial charge < -0.3 is 15.4 Å². The molecule has 1 fully saturated rings. The SMILES string of the molecule is COc1cc(C(=O)N2CCCC(CN)C2)ccc1[N+](=O)[O-].Cl.